The molecule has 0 unspecified atom stereocenters. The highest BCUT2D eigenvalue weighted by Crippen LogP contribution is 2.29. The highest BCUT2D eigenvalue weighted by Gasteiger charge is 2.13. The number of thiazole rings is 1. The molecule has 0 spiro atoms. The van der Waals surface area contributed by atoms with Crippen LogP contribution in [0.2, 0.25) is 0 Å². The summed E-state index contributed by atoms with van der Waals surface area (Å²) in [6, 6.07) is 7.09. The van der Waals surface area contributed by atoms with Crippen molar-refractivity contribution in [2.24, 2.45) is 0 Å². The number of nitrogens with zero attached hydrogens (tertiary/aromatic N) is 3. The van der Waals surface area contributed by atoms with Gasteiger partial charge in [-0.1, -0.05) is 19.1 Å². The third-order valence-electron chi connectivity index (χ3n) is 3.67. The Hall–Kier alpha value is -3.40. The van der Waals surface area contributed by atoms with E-state index in [0.717, 1.165) is 16.3 Å². The van der Waals surface area contributed by atoms with Crippen molar-refractivity contribution in [3.8, 4) is 22.1 Å². The number of carboxylic acid groups (broad SMARTS) is 1. The van der Waals surface area contributed by atoms with E-state index >= 15 is 0 Å². The average Bonchev–Trinajstić information content (AvgIpc) is 3.14. The van der Waals surface area contributed by atoms with Gasteiger partial charge in [0.15, 0.2) is 18.2 Å². The van der Waals surface area contributed by atoms with Gasteiger partial charge in [0, 0.05) is 10.9 Å². The summed E-state index contributed by atoms with van der Waals surface area (Å²) in [4.78, 5) is 23.3. The molecule has 9 nitrogen and oxygen atoms in total. The van der Waals surface area contributed by atoms with Crippen LogP contribution in [0, 0.1) is 0 Å². The van der Waals surface area contributed by atoms with E-state index in [-0.39, 0.29) is 18.4 Å². The molecular weight excluding hydrogens is 382 g/mol. The van der Waals surface area contributed by atoms with Gasteiger partial charge in [-0.25, -0.2) is 14.8 Å². The van der Waals surface area contributed by atoms with Crippen molar-refractivity contribution in [1.29, 1.82) is 0 Å². The molecule has 0 aliphatic rings. The van der Waals surface area contributed by atoms with Crippen LogP contribution in [0.5, 0.6) is 11.5 Å². The molecule has 0 fully saturated rings. The van der Waals surface area contributed by atoms with Gasteiger partial charge < -0.3 is 26.0 Å². The summed E-state index contributed by atoms with van der Waals surface area (Å²) >= 11 is 1.44. The van der Waals surface area contributed by atoms with Gasteiger partial charge >= 0.3 is 5.97 Å². The number of nitrogens with two attached hydrogens (primary N) is 2. The SMILES string of the molecule is CCc1nc(N)nc(N)c1OCc1csc(-c2cccc(OCC(=O)O)c2)n1. The Balaban J connectivity index is 1.72. The van der Waals surface area contributed by atoms with Crippen LogP contribution in [0.15, 0.2) is 29.6 Å². The molecule has 0 aliphatic carbocycles. The monoisotopic (exact) mass is 401 g/mol. The number of benzene rings is 1. The number of aromatic nitrogens is 3. The molecular formula is C18H19N5O4S. The fourth-order valence-electron chi connectivity index (χ4n) is 2.45. The quantitative estimate of drug-likeness (QED) is 0.517. The lowest BCUT2D eigenvalue weighted by atomic mass is 10.2. The Morgan fingerprint density at radius 2 is 2.04 bits per heavy atom. The first-order valence-electron chi connectivity index (χ1n) is 8.40. The largest absolute Gasteiger partial charge is 0.482 e. The van der Waals surface area contributed by atoms with Gasteiger partial charge in [-0.15, -0.1) is 11.3 Å². The van der Waals surface area contributed by atoms with Gasteiger partial charge in [0.05, 0.1) is 11.4 Å². The molecule has 5 N–H and O–H groups in total. The first-order valence-corrected chi connectivity index (χ1v) is 9.28. The summed E-state index contributed by atoms with van der Waals surface area (Å²) in [7, 11) is 0. The number of ether oxygens (including phenoxy) is 2. The summed E-state index contributed by atoms with van der Waals surface area (Å²) < 4.78 is 11.0. The van der Waals surface area contributed by atoms with Crippen molar-refractivity contribution in [1.82, 2.24) is 15.0 Å². The molecule has 3 aromatic rings. The van der Waals surface area contributed by atoms with Gasteiger partial charge in [0.1, 0.15) is 17.4 Å². The van der Waals surface area contributed by atoms with Gasteiger partial charge in [0.2, 0.25) is 5.95 Å². The van der Waals surface area contributed by atoms with Crippen LogP contribution < -0.4 is 20.9 Å². The van der Waals surface area contributed by atoms with Gasteiger partial charge in [-0.05, 0) is 18.6 Å². The maximum Gasteiger partial charge on any atom is 0.341 e. The van der Waals surface area contributed by atoms with E-state index in [9.17, 15) is 4.79 Å². The van der Waals surface area contributed by atoms with Crippen LogP contribution in [0.1, 0.15) is 18.3 Å². The smallest absolute Gasteiger partial charge is 0.341 e. The zero-order chi connectivity index (χ0) is 20.1. The van der Waals surface area contributed by atoms with Gasteiger partial charge in [-0.3, -0.25) is 0 Å². The maximum absolute atomic E-state index is 10.6. The topological polar surface area (TPSA) is 146 Å². The van der Waals surface area contributed by atoms with Crippen molar-refractivity contribution in [3.63, 3.8) is 0 Å². The van der Waals surface area contributed by atoms with Crippen molar-refractivity contribution in [2.45, 2.75) is 20.0 Å². The summed E-state index contributed by atoms with van der Waals surface area (Å²) in [5.41, 5.74) is 13.7. The lowest BCUT2D eigenvalue weighted by molar-refractivity contribution is -0.139. The second-order valence-corrected chi connectivity index (χ2v) is 6.60. The maximum atomic E-state index is 10.6. The second kappa shape index (κ2) is 8.53. The first-order chi connectivity index (χ1) is 13.5. The predicted octanol–water partition coefficient (Wildman–Crippen LogP) is 2.37. The number of rotatable bonds is 8. The minimum absolute atomic E-state index is 0.114. The first kappa shape index (κ1) is 19.4. The molecule has 0 amide bonds. The third-order valence-corrected chi connectivity index (χ3v) is 4.61. The Morgan fingerprint density at radius 3 is 2.79 bits per heavy atom. The Bertz CT molecular complexity index is 992. The van der Waals surface area contributed by atoms with E-state index in [1.807, 2.05) is 18.4 Å². The molecule has 0 saturated heterocycles. The minimum atomic E-state index is -1.03. The number of anilines is 2. The van der Waals surface area contributed by atoms with Crippen LogP contribution >= 0.6 is 11.3 Å². The Kier molecular flexibility index (Phi) is 5.90. The van der Waals surface area contributed by atoms with Crippen molar-refractivity contribution < 1.29 is 19.4 Å². The molecule has 0 saturated carbocycles. The molecule has 0 atom stereocenters. The predicted molar refractivity (Wildman–Crippen MR) is 105 cm³/mol. The normalized spacial score (nSPS) is 10.6. The molecule has 1 aromatic carbocycles. The fourth-order valence-corrected chi connectivity index (χ4v) is 3.25. The van der Waals surface area contributed by atoms with Gasteiger partial charge in [-0.2, -0.15) is 4.98 Å². The molecule has 146 valence electrons. The molecule has 0 radical (unpaired) electrons. The van der Waals surface area contributed by atoms with Crippen LogP contribution in [0.3, 0.4) is 0 Å². The zero-order valence-electron chi connectivity index (χ0n) is 15.1. The van der Waals surface area contributed by atoms with Crippen LogP contribution in [0.25, 0.3) is 10.6 Å². The zero-order valence-corrected chi connectivity index (χ0v) is 15.9. The lowest BCUT2D eigenvalue weighted by Crippen LogP contribution is -2.09. The number of carbonyl (C=O) groups is 1. The van der Waals surface area contributed by atoms with Crippen molar-refractivity contribution in [2.75, 3.05) is 18.1 Å². The van der Waals surface area contributed by atoms with Crippen LogP contribution in [-0.2, 0) is 17.8 Å². The Labute approximate surface area is 165 Å². The van der Waals surface area contributed by atoms with Crippen LogP contribution in [0.4, 0.5) is 11.8 Å². The molecule has 10 heteroatoms. The number of aliphatic carboxylic acids is 1. The van der Waals surface area contributed by atoms with E-state index in [1.165, 1.54) is 11.3 Å². The molecule has 3 rings (SSSR count). The number of carboxylic acids is 1. The summed E-state index contributed by atoms with van der Waals surface area (Å²) in [5, 5.41) is 11.4. The molecule has 0 bridgehead atoms. The highest BCUT2D eigenvalue weighted by molar-refractivity contribution is 7.13. The average molecular weight is 401 g/mol. The van der Waals surface area contributed by atoms with E-state index in [2.05, 4.69) is 15.0 Å². The number of hydrogen-bond acceptors (Lipinski definition) is 9. The number of aryl methyl sites for hydroxylation is 1. The molecule has 2 aromatic heterocycles. The van der Waals surface area contributed by atoms with E-state index in [0.29, 0.717) is 23.6 Å². The highest BCUT2D eigenvalue weighted by atomic mass is 32.1. The van der Waals surface area contributed by atoms with Crippen molar-refractivity contribution in [3.05, 3.63) is 41.0 Å². The Morgan fingerprint density at radius 1 is 1.21 bits per heavy atom. The summed E-state index contributed by atoms with van der Waals surface area (Å²) in [5.74, 6) is 0.157. The lowest BCUT2D eigenvalue weighted by Gasteiger charge is -2.11. The van der Waals surface area contributed by atoms with E-state index in [1.54, 1.807) is 18.2 Å². The summed E-state index contributed by atoms with van der Waals surface area (Å²) in [6.07, 6.45) is 0.609. The molecule has 28 heavy (non-hydrogen) atoms. The minimum Gasteiger partial charge on any atom is -0.482 e. The molecule has 2 heterocycles. The standard InChI is InChI=1S/C18H19N5O4S/c1-2-13-15(16(19)23-18(20)22-13)27-7-11-9-28-17(21-11)10-4-3-5-12(6-10)26-8-14(24)25/h3-6,9H,2,7-8H2,1H3,(H,24,25)(H4,19,20,22,23). The second-order valence-electron chi connectivity index (χ2n) is 5.74. The van der Waals surface area contributed by atoms with Crippen molar-refractivity contribution >= 4 is 29.1 Å². The van der Waals surface area contributed by atoms with Gasteiger partial charge in [0.25, 0.3) is 0 Å². The third kappa shape index (κ3) is 4.65. The fraction of sp³-hybridized carbons (Fsp3) is 0.222. The number of nitrogen functional groups attached to an aromatic ring is 2. The van der Waals surface area contributed by atoms with Crippen LogP contribution in [-0.4, -0.2) is 32.6 Å². The summed E-state index contributed by atoms with van der Waals surface area (Å²) in [6.45, 7) is 1.73. The van der Waals surface area contributed by atoms with E-state index < -0.39 is 12.6 Å². The molecule has 0 aliphatic heterocycles. The number of hydrogen-bond donors (Lipinski definition) is 3. The van der Waals surface area contributed by atoms with E-state index in [4.69, 9.17) is 26.0 Å².